The molecule has 80 valence electrons. The van der Waals surface area contributed by atoms with Crippen LogP contribution >= 0.6 is 0 Å². The third kappa shape index (κ3) is 1.82. The van der Waals surface area contributed by atoms with E-state index < -0.39 is 0 Å². The monoisotopic (exact) mass is 204 g/mol. The van der Waals surface area contributed by atoms with E-state index in [1.165, 1.54) is 0 Å². The van der Waals surface area contributed by atoms with Crippen molar-refractivity contribution in [2.45, 2.75) is 26.3 Å². The fourth-order valence-electron chi connectivity index (χ4n) is 1.80. The first kappa shape index (κ1) is 10.0. The van der Waals surface area contributed by atoms with Gasteiger partial charge in [-0.1, -0.05) is 32.4 Å². The summed E-state index contributed by atoms with van der Waals surface area (Å²) in [4.78, 5) is 11.8. The number of benzene rings is 1. The average molecular weight is 204 g/mol. The molecule has 1 aromatic carbocycles. The van der Waals surface area contributed by atoms with E-state index in [2.05, 4.69) is 24.5 Å². The molecule has 2 N–H and O–H groups in total. The number of fused-ring (bicyclic) bond motifs is 1. The van der Waals surface area contributed by atoms with Gasteiger partial charge < -0.3 is 10.6 Å². The maximum atomic E-state index is 11.8. The van der Waals surface area contributed by atoms with Crippen LogP contribution in [-0.2, 0) is 4.79 Å². The highest BCUT2D eigenvalue weighted by Gasteiger charge is 2.28. The quantitative estimate of drug-likeness (QED) is 0.777. The van der Waals surface area contributed by atoms with Gasteiger partial charge in [-0.2, -0.15) is 0 Å². The number of para-hydroxylation sites is 2. The smallest absolute Gasteiger partial charge is 0.247 e. The Morgan fingerprint density at radius 1 is 1.33 bits per heavy atom. The molecule has 1 heterocycles. The van der Waals surface area contributed by atoms with Gasteiger partial charge in [0.2, 0.25) is 5.91 Å². The van der Waals surface area contributed by atoms with E-state index in [-0.39, 0.29) is 11.9 Å². The highest BCUT2D eigenvalue weighted by molar-refractivity contribution is 6.03. The standard InChI is InChI=1S/C12H16N2O/c1-3-8(2)11-12(15)14-10-7-5-4-6-9(10)13-11/h4-8,11,13H,3H2,1-2H3,(H,14,15). The summed E-state index contributed by atoms with van der Waals surface area (Å²) in [5, 5.41) is 6.21. The van der Waals surface area contributed by atoms with Crippen molar-refractivity contribution in [3.05, 3.63) is 24.3 Å². The first-order valence-electron chi connectivity index (χ1n) is 5.38. The van der Waals surface area contributed by atoms with Crippen LogP contribution in [0.3, 0.4) is 0 Å². The zero-order chi connectivity index (χ0) is 10.8. The predicted octanol–water partition coefficient (Wildman–Crippen LogP) is 2.47. The molecule has 0 saturated carbocycles. The van der Waals surface area contributed by atoms with Crippen molar-refractivity contribution in [1.82, 2.24) is 0 Å². The summed E-state index contributed by atoms with van der Waals surface area (Å²) >= 11 is 0. The van der Waals surface area contributed by atoms with Gasteiger partial charge in [-0.15, -0.1) is 0 Å². The van der Waals surface area contributed by atoms with Crippen LogP contribution < -0.4 is 10.6 Å². The molecule has 0 saturated heterocycles. The molecule has 0 spiro atoms. The number of carbonyl (C=O) groups is 1. The molecule has 0 aromatic heterocycles. The highest BCUT2D eigenvalue weighted by atomic mass is 16.2. The molecule has 1 aromatic rings. The Morgan fingerprint density at radius 2 is 2.00 bits per heavy atom. The van der Waals surface area contributed by atoms with Crippen LogP contribution in [0, 0.1) is 5.92 Å². The van der Waals surface area contributed by atoms with E-state index in [1.54, 1.807) is 0 Å². The Hall–Kier alpha value is -1.51. The molecule has 1 amide bonds. The third-order valence-corrected chi connectivity index (χ3v) is 2.99. The summed E-state index contributed by atoms with van der Waals surface area (Å²) in [6.45, 7) is 4.19. The second-order valence-electron chi connectivity index (χ2n) is 4.04. The number of rotatable bonds is 2. The van der Waals surface area contributed by atoms with Crippen LogP contribution in [0.25, 0.3) is 0 Å². The first-order chi connectivity index (χ1) is 7.22. The Labute approximate surface area is 89.9 Å². The van der Waals surface area contributed by atoms with Crippen LogP contribution in [0.4, 0.5) is 11.4 Å². The van der Waals surface area contributed by atoms with Gasteiger partial charge in [0.05, 0.1) is 11.4 Å². The predicted molar refractivity (Wildman–Crippen MR) is 61.9 cm³/mol. The van der Waals surface area contributed by atoms with Gasteiger partial charge in [0, 0.05) is 0 Å². The second-order valence-corrected chi connectivity index (χ2v) is 4.04. The van der Waals surface area contributed by atoms with E-state index >= 15 is 0 Å². The maximum Gasteiger partial charge on any atom is 0.247 e. The van der Waals surface area contributed by atoms with E-state index in [4.69, 9.17) is 0 Å². The van der Waals surface area contributed by atoms with E-state index in [0.29, 0.717) is 5.92 Å². The van der Waals surface area contributed by atoms with Crippen LogP contribution in [0.15, 0.2) is 24.3 Å². The molecule has 1 aliphatic rings. The summed E-state index contributed by atoms with van der Waals surface area (Å²) < 4.78 is 0. The van der Waals surface area contributed by atoms with Crippen molar-refractivity contribution < 1.29 is 4.79 Å². The largest absolute Gasteiger partial charge is 0.372 e. The highest BCUT2D eigenvalue weighted by Crippen LogP contribution is 2.28. The van der Waals surface area contributed by atoms with E-state index in [9.17, 15) is 4.79 Å². The SMILES string of the molecule is CCC(C)C1Nc2ccccc2NC1=O. The van der Waals surface area contributed by atoms with Crippen molar-refractivity contribution in [2.24, 2.45) is 5.92 Å². The lowest BCUT2D eigenvalue weighted by Gasteiger charge is -2.30. The van der Waals surface area contributed by atoms with Gasteiger partial charge in [-0.3, -0.25) is 4.79 Å². The van der Waals surface area contributed by atoms with E-state index in [1.807, 2.05) is 24.3 Å². The number of anilines is 2. The first-order valence-corrected chi connectivity index (χ1v) is 5.38. The van der Waals surface area contributed by atoms with Gasteiger partial charge in [0.15, 0.2) is 0 Å². The fourth-order valence-corrected chi connectivity index (χ4v) is 1.80. The maximum absolute atomic E-state index is 11.8. The number of hydrogen-bond donors (Lipinski definition) is 2. The minimum Gasteiger partial charge on any atom is -0.372 e. The van der Waals surface area contributed by atoms with E-state index in [0.717, 1.165) is 17.8 Å². The topological polar surface area (TPSA) is 41.1 Å². The lowest BCUT2D eigenvalue weighted by atomic mass is 9.96. The van der Waals surface area contributed by atoms with Crippen LogP contribution in [0.2, 0.25) is 0 Å². The minimum absolute atomic E-state index is 0.0723. The number of hydrogen-bond acceptors (Lipinski definition) is 2. The fraction of sp³-hybridized carbons (Fsp3) is 0.417. The van der Waals surface area contributed by atoms with Gasteiger partial charge in [0.1, 0.15) is 6.04 Å². The van der Waals surface area contributed by atoms with Crippen molar-refractivity contribution in [3.63, 3.8) is 0 Å². The van der Waals surface area contributed by atoms with Crippen molar-refractivity contribution in [1.29, 1.82) is 0 Å². The number of amides is 1. The molecule has 1 aliphatic heterocycles. The summed E-state index contributed by atoms with van der Waals surface area (Å²) in [5.41, 5.74) is 1.89. The molecule has 0 bridgehead atoms. The van der Waals surface area contributed by atoms with Crippen LogP contribution in [-0.4, -0.2) is 11.9 Å². The molecule has 2 atom stereocenters. The minimum atomic E-state index is -0.107. The Morgan fingerprint density at radius 3 is 2.67 bits per heavy atom. The summed E-state index contributed by atoms with van der Waals surface area (Å²) in [5.74, 6) is 0.418. The van der Waals surface area contributed by atoms with Crippen LogP contribution in [0.1, 0.15) is 20.3 Å². The summed E-state index contributed by atoms with van der Waals surface area (Å²) in [6, 6.07) is 7.68. The summed E-state index contributed by atoms with van der Waals surface area (Å²) in [6.07, 6.45) is 0.993. The molecule has 0 radical (unpaired) electrons. The van der Waals surface area contributed by atoms with Gasteiger partial charge in [-0.05, 0) is 18.1 Å². The Bertz CT molecular complexity index is 376. The third-order valence-electron chi connectivity index (χ3n) is 2.99. The van der Waals surface area contributed by atoms with Crippen molar-refractivity contribution >= 4 is 17.3 Å². The summed E-state index contributed by atoms with van der Waals surface area (Å²) in [7, 11) is 0. The average Bonchev–Trinajstić information content (AvgIpc) is 2.27. The lowest BCUT2D eigenvalue weighted by molar-refractivity contribution is -0.118. The molecule has 2 unspecified atom stereocenters. The Kier molecular flexibility index (Phi) is 2.62. The van der Waals surface area contributed by atoms with Gasteiger partial charge >= 0.3 is 0 Å². The molecule has 2 rings (SSSR count). The lowest BCUT2D eigenvalue weighted by Crippen LogP contribution is -2.43. The Balaban J connectivity index is 2.26. The molecule has 15 heavy (non-hydrogen) atoms. The molecular formula is C12H16N2O. The molecular weight excluding hydrogens is 188 g/mol. The normalized spacial score (nSPS) is 21.2. The van der Waals surface area contributed by atoms with Crippen LogP contribution in [0.5, 0.6) is 0 Å². The zero-order valence-corrected chi connectivity index (χ0v) is 9.08. The van der Waals surface area contributed by atoms with Crippen molar-refractivity contribution in [3.8, 4) is 0 Å². The molecule has 0 aliphatic carbocycles. The zero-order valence-electron chi connectivity index (χ0n) is 9.08. The van der Waals surface area contributed by atoms with Gasteiger partial charge in [0.25, 0.3) is 0 Å². The molecule has 3 heteroatoms. The molecule has 3 nitrogen and oxygen atoms in total. The van der Waals surface area contributed by atoms with Crippen molar-refractivity contribution in [2.75, 3.05) is 10.6 Å². The molecule has 0 fully saturated rings. The second kappa shape index (κ2) is 3.93. The number of nitrogens with one attached hydrogen (secondary N) is 2. The number of carbonyl (C=O) groups excluding carboxylic acids is 1. The van der Waals surface area contributed by atoms with Gasteiger partial charge in [-0.25, -0.2) is 0 Å².